The van der Waals surface area contributed by atoms with Crippen molar-refractivity contribution in [3.63, 3.8) is 0 Å². The molecule has 5 rings (SSSR count). The molecule has 1 amide bonds. The number of carbonyl (C=O) groups excluding carboxylic acids is 1. The molecular formula is C23H30N4O2. The second-order valence-electron chi connectivity index (χ2n) is 8.75. The number of amides is 1. The van der Waals surface area contributed by atoms with Crippen LogP contribution in [0.3, 0.4) is 0 Å². The van der Waals surface area contributed by atoms with E-state index in [1.54, 1.807) is 6.07 Å². The van der Waals surface area contributed by atoms with Crippen LogP contribution in [0.4, 0.5) is 5.82 Å². The first-order chi connectivity index (χ1) is 14.2. The molecule has 0 radical (unpaired) electrons. The molecule has 2 aromatic rings. The van der Waals surface area contributed by atoms with Gasteiger partial charge in [0.15, 0.2) is 0 Å². The van der Waals surface area contributed by atoms with Crippen molar-refractivity contribution in [3.8, 4) is 5.75 Å². The van der Waals surface area contributed by atoms with Crippen molar-refractivity contribution in [1.29, 1.82) is 0 Å². The van der Waals surface area contributed by atoms with E-state index < -0.39 is 0 Å². The minimum atomic E-state index is 0.137. The fraction of sp³-hybridized carbons (Fsp3) is 0.565. The number of hydrogen-bond donors (Lipinski definition) is 1. The molecule has 1 atom stereocenters. The predicted molar refractivity (Wildman–Crippen MR) is 114 cm³/mol. The van der Waals surface area contributed by atoms with Gasteiger partial charge in [-0.15, -0.1) is 0 Å². The van der Waals surface area contributed by atoms with Gasteiger partial charge in [-0.3, -0.25) is 9.69 Å². The summed E-state index contributed by atoms with van der Waals surface area (Å²) in [4.78, 5) is 24.7. The van der Waals surface area contributed by atoms with Gasteiger partial charge in [-0.05, 0) is 63.4 Å². The van der Waals surface area contributed by atoms with Crippen LogP contribution in [0.1, 0.15) is 32.1 Å². The van der Waals surface area contributed by atoms with Gasteiger partial charge in [0.05, 0.1) is 0 Å². The molecule has 154 valence electrons. The number of aromatic nitrogens is 1. The van der Waals surface area contributed by atoms with Crippen LogP contribution in [0.5, 0.6) is 5.75 Å². The summed E-state index contributed by atoms with van der Waals surface area (Å²) in [6.07, 6.45) is 5.51. The number of pyridine rings is 1. The quantitative estimate of drug-likeness (QED) is 0.868. The maximum absolute atomic E-state index is 13.1. The number of benzene rings is 1. The Kier molecular flexibility index (Phi) is 5.04. The molecule has 1 aromatic heterocycles. The van der Waals surface area contributed by atoms with E-state index in [1.807, 2.05) is 24.3 Å². The lowest BCUT2D eigenvalue weighted by Crippen LogP contribution is -2.43. The zero-order valence-electron chi connectivity index (χ0n) is 17.0. The van der Waals surface area contributed by atoms with Crippen LogP contribution in [0.15, 0.2) is 30.3 Å². The van der Waals surface area contributed by atoms with Gasteiger partial charge in [0, 0.05) is 43.5 Å². The van der Waals surface area contributed by atoms with E-state index in [2.05, 4.69) is 19.7 Å². The van der Waals surface area contributed by atoms with Crippen molar-refractivity contribution in [3.05, 3.63) is 30.3 Å². The third kappa shape index (κ3) is 3.66. The number of fused-ring (bicyclic) bond motifs is 1. The number of para-hydroxylation sites is 1. The van der Waals surface area contributed by atoms with E-state index in [0.717, 1.165) is 56.6 Å². The molecule has 1 N–H and O–H groups in total. The van der Waals surface area contributed by atoms with Gasteiger partial charge in [0.25, 0.3) is 0 Å². The predicted octanol–water partition coefficient (Wildman–Crippen LogP) is 2.85. The molecule has 0 spiro atoms. The second-order valence-corrected chi connectivity index (χ2v) is 8.75. The Morgan fingerprint density at radius 1 is 0.966 bits per heavy atom. The molecule has 4 heterocycles. The highest BCUT2D eigenvalue weighted by molar-refractivity contribution is 5.85. The number of piperidine rings is 1. The molecule has 3 saturated heterocycles. The number of phenols is 1. The van der Waals surface area contributed by atoms with Crippen LogP contribution >= 0.6 is 0 Å². The lowest BCUT2D eigenvalue weighted by Gasteiger charge is -2.34. The van der Waals surface area contributed by atoms with Gasteiger partial charge in [-0.2, -0.15) is 0 Å². The van der Waals surface area contributed by atoms with Crippen molar-refractivity contribution < 1.29 is 9.90 Å². The fourth-order valence-corrected chi connectivity index (χ4v) is 5.26. The summed E-state index contributed by atoms with van der Waals surface area (Å²) in [5.41, 5.74) is 0.647. The number of likely N-dealkylation sites (tertiary alicyclic amines) is 2. The average molecular weight is 395 g/mol. The zero-order chi connectivity index (χ0) is 19.8. The number of carbonyl (C=O) groups is 1. The smallest absolute Gasteiger partial charge is 0.225 e. The van der Waals surface area contributed by atoms with Crippen LogP contribution < -0.4 is 4.90 Å². The first-order valence-electron chi connectivity index (χ1n) is 11.1. The van der Waals surface area contributed by atoms with Gasteiger partial charge < -0.3 is 14.9 Å². The molecule has 0 aliphatic carbocycles. The second kappa shape index (κ2) is 7.82. The molecule has 3 aliphatic rings. The SMILES string of the molecule is O=C(C1CCN(c2ccc3cccc(O)c3n2)CC1)N1CCC(N2CCCC2)C1. The maximum Gasteiger partial charge on any atom is 0.225 e. The highest BCUT2D eigenvalue weighted by atomic mass is 16.3. The number of rotatable bonds is 3. The monoisotopic (exact) mass is 394 g/mol. The molecule has 1 aromatic carbocycles. The van der Waals surface area contributed by atoms with Crippen molar-refractivity contribution >= 4 is 22.6 Å². The molecule has 1 unspecified atom stereocenters. The summed E-state index contributed by atoms with van der Waals surface area (Å²) in [7, 11) is 0. The molecule has 0 bridgehead atoms. The van der Waals surface area contributed by atoms with E-state index in [9.17, 15) is 9.90 Å². The molecule has 3 fully saturated rings. The van der Waals surface area contributed by atoms with Crippen molar-refractivity contribution in [2.75, 3.05) is 44.2 Å². The summed E-state index contributed by atoms with van der Waals surface area (Å²) in [6, 6.07) is 10.1. The Bertz CT molecular complexity index is 888. The lowest BCUT2D eigenvalue weighted by molar-refractivity contribution is -0.135. The highest BCUT2D eigenvalue weighted by Gasteiger charge is 2.35. The van der Waals surface area contributed by atoms with Crippen LogP contribution in [-0.4, -0.2) is 71.1 Å². The summed E-state index contributed by atoms with van der Waals surface area (Å²) in [6.45, 7) is 5.94. The van der Waals surface area contributed by atoms with Crippen LogP contribution in [0, 0.1) is 5.92 Å². The molecule has 3 aliphatic heterocycles. The molecule has 29 heavy (non-hydrogen) atoms. The van der Waals surface area contributed by atoms with Crippen molar-refractivity contribution in [2.24, 2.45) is 5.92 Å². The summed E-state index contributed by atoms with van der Waals surface area (Å²) >= 11 is 0. The van der Waals surface area contributed by atoms with Crippen molar-refractivity contribution in [1.82, 2.24) is 14.8 Å². The summed E-state index contributed by atoms with van der Waals surface area (Å²) < 4.78 is 0. The van der Waals surface area contributed by atoms with E-state index in [0.29, 0.717) is 17.5 Å². The number of phenolic OH excluding ortho intramolecular Hbond substituents is 1. The zero-order valence-corrected chi connectivity index (χ0v) is 17.0. The molecular weight excluding hydrogens is 364 g/mol. The minimum absolute atomic E-state index is 0.137. The van der Waals surface area contributed by atoms with E-state index in [1.165, 1.54) is 25.9 Å². The summed E-state index contributed by atoms with van der Waals surface area (Å²) in [5, 5.41) is 11.0. The Hall–Kier alpha value is -2.34. The third-order valence-corrected chi connectivity index (χ3v) is 6.98. The van der Waals surface area contributed by atoms with Crippen molar-refractivity contribution in [2.45, 2.75) is 38.1 Å². The average Bonchev–Trinajstić information content (AvgIpc) is 3.45. The van der Waals surface area contributed by atoms with Gasteiger partial charge in [-0.25, -0.2) is 4.98 Å². The van der Waals surface area contributed by atoms with Crippen LogP contribution in [0.25, 0.3) is 10.9 Å². The first kappa shape index (κ1) is 18.7. The minimum Gasteiger partial charge on any atom is -0.506 e. The van der Waals surface area contributed by atoms with E-state index in [4.69, 9.17) is 0 Å². The summed E-state index contributed by atoms with van der Waals surface area (Å²) in [5.74, 6) is 1.60. The van der Waals surface area contributed by atoms with E-state index in [-0.39, 0.29) is 11.7 Å². The molecule has 6 heteroatoms. The van der Waals surface area contributed by atoms with Crippen LogP contribution in [-0.2, 0) is 4.79 Å². The number of nitrogens with zero attached hydrogens (tertiary/aromatic N) is 4. The maximum atomic E-state index is 13.1. The topological polar surface area (TPSA) is 59.9 Å². The van der Waals surface area contributed by atoms with Crippen LogP contribution in [0.2, 0.25) is 0 Å². The van der Waals surface area contributed by atoms with Gasteiger partial charge >= 0.3 is 0 Å². The largest absolute Gasteiger partial charge is 0.506 e. The Morgan fingerprint density at radius 3 is 2.55 bits per heavy atom. The lowest BCUT2D eigenvalue weighted by atomic mass is 9.95. The fourth-order valence-electron chi connectivity index (χ4n) is 5.26. The standard InChI is InChI=1S/C23H30N4O2/c28-20-5-3-4-17-6-7-21(24-22(17)20)26-13-8-18(9-14-26)23(29)27-15-10-19(16-27)25-11-1-2-12-25/h3-7,18-19,28H,1-2,8-16H2. The normalized spacial score (nSPS) is 23.9. The first-order valence-corrected chi connectivity index (χ1v) is 11.1. The molecule has 0 saturated carbocycles. The van der Waals surface area contributed by atoms with E-state index >= 15 is 0 Å². The van der Waals surface area contributed by atoms with Gasteiger partial charge in [0.2, 0.25) is 5.91 Å². The number of aromatic hydroxyl groups is 1. The third-order valence-electron chi connectivity index (χ3n) is 6.98. The number of anilines is 1. The Labute approximate surface area is 172 Å². The Morgan fingerprint density at radius 2 is 1.76 bits per heavy atom. The highest BCUT2D eigenvalue weighted by Crippen LogP contribution is 2.29. The molecule has 6 nitrogen and oxygen atoms in total. The van der Waals surface area contributed by atoms with Gasteiger partial charge in [0.1, 0.15) is 17.1 Å². The van der Waals surface area contributed by atoms with Gasteiger partial charge in [-0.1, -0.05) is 12.1 Å². The number of hydrogen-bond acceptors (Lipinski definition) is 5. The Balaban J connectivity index is 1.19.